The van der Waals surface area contributed by atoms with E-state index in [1.807, 2.05) is 0 Å². The highest BCUT2D eigenvalue weighted by molar-refractivity contribution is 7.65. The number of nitrogens with zero attached hydrogens (tertiary/aromatic N) is 9. The number of phosphoric acid groups is 4. The SMILES string of the molecule is C[NH+]1C=[N+]([C@@H]2O[C@H](COP(=O)([O-])OP(=O)([O-])OP(=O)([O-])OC[C@@H]3C[C@@H](OP(=O)(O)OC[C@H]4O[C@@H](n5cnc6c(=O)[nH]c(N)nc65)[C@H](O)[C@@H]4O)[C@H](n4cnc5c(N)ncnc54)O3)[C@@H](O)[C@H]2O)c2nc(N)[nH]c(=O)c21. The average Bonchev–Trinajstić information content (AvgIpc) is 4.14. The van der Waals surface area contributed by atoms with E-state index in [4.69, 9.17) is 40.5 Å². The van der Waals surface area contributed by atoms with Crippen LogP contribution in [-0.4, -0.2) is 167 Å². The molecule has 3 fully saturated rings. The normalized spacial score (nSPS) is 31.5. The number of hydrogen-bond acceptors (Lipinski definition) is 31. The quantitative estimate of drug-likeness (QED) is 0.0287. The molecule has 0 aromatic carbocycles. The molecule has 0 bridgehead atoms. The van der Waals surface area contributed by atoms with Gasteiger partial charge in [-0.3, -0.25) is 51.4 Å². The minimum Gasteiger partial charge on any atom is -0.756 e. The van der Waals surface area contributed by atoms with Crippen molar-refractivity contribution in [3.63, 3.8) is 0 Å². The molecular weight excluding hydrogens is 1070 g/mol. The number of aromatic amines is 2. The van der Waals surface area contributed by atoms with Crippen molar-refractivity contribution in [2.45, 2.75) is 73.9 Å². The van der Waals surface area contributed by atoms with Gasteiger partial charge >= 0.3 is 25.1 Å². The monoisotopic (exact) mass is 1110 g/mol. The lowest BCUT2D eigenvalue weighted by Crippen LogP contribution is -3.03. The van der Waals surface area contributed by atoms with Gasteiger partial charge in [0, 0.05) is 11.4 Å². The van der Waals surface area contributed by atoms with Crippen LogP contribution in [0.5, 0.6) is 0 Å². The van der Waals surface area contributed by atoms with Crippen LogP contribution >= 0.6 is 31.3 Å². The van der Waals surface area contributed by atoms with Crippen molar-refractivity contribution in [3.05, 3.63) is 39.7 Å². The van der Waals surface area contributed by atoms with E-state index >= 15 is 0 Å². The van der Waals surface area contributed by atoms with Crippen molar-refractivity contribution < 1.29 is 109 Å². The number of nitrogen functional groups attached to an aromatic ring is 3. The first-order valence-electron chi connectivity index (χ1n) is 20.7. The standard InChI is InChI=1S/C31H41N15O23P4/c1-43-9-46(24-16(43)26(52)42-31(34)40-24)29-20(50)18(48)13(66-29)5-63-72(57,58)69-73(59,60)68-71(55,56)61-3-10-2-11(27(64-10)44-7-37-14-21(32)35-6-36-22(14)44)67-70(53,54)62-4-12-17(47)19(49)28(65-12)45-8-38-15-23(45)39-30(33)41-25(15)51/h6-13,17-20,27-29,47-50H,2-5H2,1H3,(H11-,32,33,34,35,36,39,40,41,42,51,52,53,54,55,56,57,58,59,60)/p-1/t10-,11+,12+,13+,17+,18+,19+,20+,27+,28+,29+/m0/s1. The number of rotatable bonds is 18. The molecule has 5 aromatic heterocycles. The van der Waals surface area contributed by atoms with Gasteiger partial charge in [-0.25, -0.2) is 38.0 Å². The number of anilines is 3. The number of ether oxygens (including phenoxy) is 3. The second kappa shape index (κ2) is 19.6. The summed E-state index contributed by atoms with van der Waals surface area (Å²) < 4.78 is 99.4. The Kier molecular flexibility index (Phi) is 14.2. The second-order valence-corrected chi connectivity index (χ2v) is 22.1. The van der Waals surface area contributed by atoms with E-state index in [1.54, 1.807) is 0 Å². The molecule has 16 atom stereocenters. The fraction of sp³-hybridized carbons (Fsp3) is 0.516. The van der Waals surface area contributed by atoms with Crippen molar-refractivity contribution in [1.82, 2.24) is 49.0 Å². The molecule has 9 heterocycles. The lowest BCUT2D eigenvalue weighted by Gasteiger charge is -2.34. The van der Waals surface area contributed by atoms with Crippen LogP contribution in [0, 0.1) is 0 Å². The maximum absolute atomic E-state index is 13.5. The largest absolute Gasteiger partial charge is 0.756 e. The first-order chi connectivity index (χ1) is 34.2. The van der Waals surface area contributed by atoms with Crippen molar-refractivity contribution in [2.75, 3.05) is 44.1 Å². The van der Waals surface area contributed by atoms with Crippen LogP contribution < -0.4 is 47.9 Å². The Morgan fingerprint density at radius 3 is 2.07 bits per heavy atom. The molecule has 0 radical (unpaired) electrons. The Labute approximate surface area is 403 Å². The summed E-state index contributed by atoms with van der Waals surface area (Å²) in [5.74, 6) is -0.803. The summed E-state index contributed by atoms with van der Waals surface area (Å²) in [7, 11) is -22.5. The zero-order valence-corrected chi connectivity index (χ0v) is 40.2. The molecule has 0 spiro atoms. The van der Waals surface area contributed by atoms with Crippen LogP contribution in [0.4, 0.5) is 29.2 Å². The third-order valence-corrected chi connectivity index (χ3v) is 16.4. The molecule has 9 rings (SSSR count). The highest BCUT2D eigenvalue weighted by Gasteiger charge is 2.53. The number of aliphatic hydroxyl groups is 4. The molecule has 3 saturated heterocycles. The predicted molar refractivity (Wildman–Crippen MR) is 227 cm³/mol. The number of phosphoric ester groups is 3. The molecule has 0 saturated carbocycles. The van der Waals surface area contributed by atoms with E-state index < -0.39 is 136 Å². The van der Waals surface area contributed by atoms with E-state index in [-0.39, 0.29) is 51.5 Å². The maximum atomic E-state index is 13.5. The van der Waals surface area contributed by atoms with E-state index in [9.17, 15) is 67.8 Å². The van der Waals surface area contributed by atoms with Gasteiger partial charge < -0.3 is 80.5 Å². The highest BCUT2D eigenvalue weighted by Crippen LogP contribution is 2.63. The Balaban J connectivity index is 0.817. The molecule has 0 aliphatic carbocycles. The predicted octanol–water partition coefficient (Wildman–Crippen LogP) is -7.35. The van der Waals surface area contributed by atoms with Gasteiger partial charge in [0.05, 0.1) is 45.6 Å². The molecule has 38 nitrogen and oxygen atoms in total. The fourth-order valence-corrected chi connectivity index (χ4v) is 12.4. The average molecular weight is 1110 g/mol. The lowest BCUT2D eigenvalue weighted by molar-refractivity contribution is -0.715. The number of hydrogen-bond donors (Lipinski definition) is 11. The van der Waals surface area contributed by atoms with Crippen LogP contribution in [-0.2, 0) is 59.2 Å². The van der Waals surface area contributed by atoms with Crippen molar-refractivity contribution in [2.24, 2.45) is 0 Å². The molecule has 14 N–H and O–H groups in total. The maximum Gasteiger partial charge on any atom is 0.472 e. The Morgan fingerprint density at radius 2 is 1.36 bits per heavy atom. The number of nitrogens with one attached hydrogen (secondary N) is 3. The van der Waals surface area contributed by atoms with Gasteiger partial charge in [-0.1, -0.05) is 0 Å². The number of H-pyrrole nitrogens is 2. The van der Waals surface area contributed by atoms with E-state index in [0.29, 0.717) is 4.90 Å². The van der Waals surface area contributed by atoms with Crippen molar-refractivity contribution in [3.8, 4) is 0 Å². The number of fused-ring (bicyclic) bond motifs is 3. The highest BCUT2D eigenvalue weighted by atomic mass is 31.3. The van der Waals surface area contributed by atoms with Gasteiger partial charge in [0.2, 0.25) is 12.2 Å². The molecular formula is C31H40N15O23P4-. The molecule has 73 heavy (non-hydrogen) atoms. The molecule has 42 heteroatoms. The molecule has 4 aliphatic rings. The van der Waals surface area contributed by atoms with Gasteiger partial charge in [0.25, 0.3) is 41.1 Å². The summed E-state index contributed by atoms with van der Waals surface area (Å²) >= 11 is 0. The number of quaternary nitrogens is 1. The minimum absolute atomic E-state index is 0.0155. The third-order valence-electron chi connectivity index (χ3n) is 11.3. The summed E-state index contributed by atoms with van der Waals surface area (Å²) in [6, 6.07) is 0. The summed E-state index contributed by atoms with van der Waals surface area (Å²) in [5.41, 5.74) is 15.5. The van der Waals surface area contributed by atoms with Gasteiger partial charge in [-0.2, -0.15) is 4.98 Å². The van der Waals surface area contributed by atoms with Crippen molar-refractivity contribution >= 4 is 89.2 Å². The molecule has 5 aromatic rings. The molecule has 4 aliphatic heterocycles. The summed E-state index contributed by atoms with van der Waals surface area (Å²) in [5, 5.41) is 42.9. The Hall–Kier alpha value is -4.95. The number of nitrogens with two attached hydrogens (primary N) is 3. The summed E-state index contributed by atoms with van der Waals surface area (Å²) in [6.07, 6.45) is -14.2. The summed E-state index contributed by atoms with van der Waals surface area (Å²) in [4.78, 5) is 102. The van der Waals surface area contributed by atoms with Gasteiger partial charge in [0.15, 0.2) is 35.1 Å². The van der Waals surface area contributed by atoms with Gasteiger partial charge in [-0.05, 0) is 0 Å². The topological polar surface area (TPSA) is 560 Å². The molecule has 398 valence electrons. The van der Waals surface area contributed by atoms with Crippen LogP contribution in [0.15, 0.2) is 28.6 Å². The first-order valence-corrected chi connectivity index (χ1v) is 26.6. The smallest absolute Gasteiger partial charge is 0.472 e. The van der Waals surface area contributed by atoms with Crippen LogP contribution in [0.1, 0.15) is 18.9 Å². The molecule has 5 unspecified atom stereocenters. The Bertz CT molecular complexity index is 3300. The van der Waals surface area contributed by atoms with Gasteiger partial charge in [-0.15, -0.1) is 4.58 Å². The third kappa shape index (κ3) is 10.8. The zero-order valence-electron chi connectivity index (χ0n) is 36.6. The number of imidazole rings is 2. The first kappa shape index (κ1) is 52.9. The van der Waals surface area contributed by atoms with E-state index in [2.05, 4.69) is 57.5 Å². The minimum atomic E-state index is -6.48. The molecule has 0 amide bonds. The van der Waals surface area contributed by atoms with E-state index in [0.717, 1.165) is 32.7 Å². The second-order valence-electron chi connectivity index (χ2n) is 16.2. The van der Waals surface area contributed by atoms with Crippen molar-refractivity contribution in [1.29, 1.82) is 0 Å². The lowest BCUT2D eigenvalue weighted by atomic mass is 10.1. The van der Waals surface area contributed by atoms with Crippen LogP contribution in [0.3, 0.4) is 0 Å². The van der Waals surface area contributed by atoms with Gasteiger partial charge in [0.1, 0.15) is 54.6 Å². The summed E-state index contributed by atoms with van der Waals surface area (Å²) in [6.45, 7) is -3.29. The zero-order chi connectivity index (χ0) is 52.7. The van der Waals surface area contributed by atoms with Crippen LogP contribution in [0.25, 0.3) is 22.3 Å². The number of aliphatic hydroxyl groups excluding tert-OH is 4. The van der Waals surface area contributed by atoms with Crippen LogP contribution in [0.2, 0.25) is 0 Å². The van der Waals surface area contributed by atoms with E-state index in [1.165, 1.54) is 13.4 Å². The number of aromatic nitrogens is 10. The Morgan fingerprint density at radius 1 is 0.753 bits per heavy atom. The fourth-order valence-electron chi connectivity index (χ4n) is 8.11.